The van der Waals surface area contributed by atoms with Gasteiger partial charge in [-0.3, -0.25) is 14.2 Å². The van der Waals surface area contributed by atoms with Crippen molar-refractivity contribution >= 4 is 35.2 Å². The van der Waals surface area contributed by atoms with Gasteiger partial charge in [0, 0.05) is 26.2 Å². The van der Waals surface area contributed by atoms with Crippen LogP contribution in [0, 0.1) is 0 Å². The lowest BCUT2D eigenvalue weighted by atomic mass is 10.1. The fraction of sp³-hybridized carbons (Fsp3) is 0.524. The highest BCUT2D eigenvalue weighted by atomic mass is 32.2. The highest BCUT2D eigenvalue weighted by molar-refractivity contribution is 7.99. The Morgan fingerprint density at radius 1 is 1.18 bits per heavy atom. The smallest absolute Gasteiger partial charge is 0.341 e. The second-order valence-corrected chi connectivity index (χ2v) is 9.15. The van der Waals surface area contributed by atoms with Crippen LogP contribution >= 0.6 is 11.8 Å². The van der Waals surface area contributed by atoms with Gasteiger partial charge in [0.05, 0.1) is 23.5 Å². The molecule has 0 unspecified atom stereocenters. The molecule has 33 heavy (non-hydrogen) atoms. The van der Waals surface area contributed by atoms with Crippen molar-refractivity contribution in [3.63, 3.8) is 0 Å². The number of carbonyl (C=O) groups excluding carboxylic acids is 2. The summed E-state index contributed by atoms with van der Waals surface area (Å²) in [6.07, 6.45) is -0.231. The summed E-state index contributed by atoms with van der Waals surface area (Å²) in [5, 5.41) is 11.5. The van der Waals surface area contributed by atoms with E-state index in [4.69, 9.17) is 0 Å². The first kappa shape index (κ1) is 23.4. The van der Waals surface area contributed by atoms with Crippen LogP contribution in [-0.2, 0) is 15.8 Å². The van der Waals surface area contributed by atoms with E-state index in [1.165, 1.54) is 41.9 Å². The van der Waals surface area contributed by atoms with Crippen molar-refractivity contribution in [3.8, 4) is 0 Å². The van der Waals surface area contributed by atoms with Gasteiger partial charge < -0.3 is 15.1 Å². The standard InChI is InChI=1S/C21H25F3N6O2S/c1-28(12-17(31)25-16-7-3-2-6-15(16)21(22,23)24)18(32)13-33-20-27-26-19(29-10-4-5-11-29)30(20)14-8-9-14/h2-3,6-7,14H,4-5,8-13H2,1H3,(H,25,31). The Morgan fingerprint density at radius 2 is 1.88 bits per heavy atom. The lowest BCUT2D eigenvalue weighted by Crippen LogP contribution is -2.36. The first-order valence-corrected chi connectivity index (χ1v) is 11.8. The lowest BCUT2D eigenvalue weighted by Gasteiger charge is -2.19. The van der Waals surface area contributed by atoms with E-state index in [0.717, 1.165) is 50.8 Å². The van der Waals surface area contributed by atoms with E-state index in [2.05, 4.69) is 25.0 Å². The summed E-state index contributed by atoms with van der Waals surface area (Å²) in [6, 6.07) is 5.09. The van der Waals surface area contributed by atoms with Crippen molar-refractivity contribution in [2.75, 3.05) is 42.7 Å². The van der Waals surface area contributed by atoms with Crippen LogP contribution in [-0.4, -0.2) is 63.9 Å². The van der Waals surface area contributed by atoms with E-state index in [-0.39, 0.29) is 23.9 Å². The molecule has 2 fully saturated rings. The van der Waals surface area contributed by atoms with Gasteiger partial charge in [-0.25, -0.2) is 0 Å². The molecule has 0 atom stereocenters. The van der Waals surface area contributed by atoms with Crippen molar-refractivity contribution in [1.82, 2.24) is 19.7 Å². The van der Waals surface area contributed by atoms with Gasteiger partial charge >= 0.3 is 6.18 Å². The molecule has 1 aliphatic carbocycles. The maximum Gasteiger partial charge on any atom is 0.418 e. The SMILES string of the molecule is CN(CC(=O)Nc1ccccc1C(F)(F)F)C(=O)CSc1nnc(N2CCCC2)n1C1CC1. The summed E-state index contributed by atoms with van der Waals surface area (Å²) in [7, 11) is 1.44. The van der Waals surface area contributed by atoms with Crippen LogP contribution in [0.25, 0.3) is 0 Å². The molecule has 0 radical (unpaired) electrons. The summed E-state index contributed by atoms with van der Waals surface area (Å²) >= 11 is 1.26. The molecule has 2 aromatic rings. The largest absolute Gasteiger partial charge is 0.418 e. The molecule has 178 valence electrons. The normalized spacial score (nSPS) is 16.2. The molecule has 1 N–H and O–H groups in total. The van der Waals surface area contributed by atoms with Crippen LogP contribution < -0.4 is 10.2 Å². The molecule has 12 heteroatoms. The number of halogens is 3. The van der Waals surface area contributed by atoms with E-state index in [1.807, 2.05) is 0 Å². The van der Waals surface area contributed by atoms with E-state index in [9.17, 15) is 22.8 Å². The lowest BCUT2D eigenvalue weighted by molar-refractivity contribution is -0.137. The Hall–Kier alpha value is -2.76. The van der Waals surface area contributed by atoms with Crippen LogP contribution in [0.3, 0.4) is 0 Å². The number of nitrogens with zero attached hydrogens (tertiary/aromatic N) is 5. The zero-order valence-corrected chi connectivity index (χ0v) is 19.0. The third-order valence-corrected chi connectivity index (χ3v) is 6.51. The molecule has 8 nitrogen and oxygen atoms in total. The number of aromatic nitrogens is 3. The zero-order chi connectivity index (χ0) is 23.6. The molecular formula is C21H25F3N6O2S. The summed E-state index contributed by atoms with van der Waals surface area (Å²) < 4.78 is 41.4. The summed E-state index contributed by atoms with van der Waals surface area (Å²) in [5.41, 5.74) is -1.27. The number of alkyl halides is 3. The number of anilines is 2. The summed E-state index contributed by atoms with van der Waals surface area (Å²) in [6.45, 7) is 1.54. The van der Waals surface area contributed by atoms with Crippen molar-refractivity contribution < 1.29 is 22.8 Å². The Labute approximate surface area is 193 Å². The van der Waals surface area contributed by atoms with Gasteiger partial charge in [-0.05, 0) is 37.8 Å². The number of hydrogen-bond donors (Lipinski definition) is 1. The quantitative estimate of drug-likeness (QED) is 0.581. The van der Waals surface area contributed by atoms with Crippen molar-refractivity contribution in [2.45, 2.75) is 43.1 Å². The minimum Gasteiger partial charge on any atom is -0.341 e. The van der Waals surface area contributed by atoms with Gasteiger partial charge in [0.1, 0.15) is 0 Å². The first-order chi connectivity index (χ1) is 15.7. The minimum atomic E-state index is -4.59. The number of carbonyl (C=O) groups is 2. The van der Waals surface area contributed by atoms with Gasteiger partial charge in [-0.2, -0.15) is 13.2 Å². The minimum absolute atomic E-state index is 0.0494. The van der Waals surface area contributed by atoms with Crippen LogP contribution in [0.15, 0.2) is 29.4 Å². The molecule has 1 aromatic carbocycles. The Balaban J connectivity index is 1.33. The molecular weight excluding hydrogens is 457 g/mol. The van der Waals surface area contributed by atoms with Crippen molar-refractivity contribution in [2.24, 2.45) is 0 Å². The fourth-order valence-corrected chi connectivity index (χ4v) is 4.66. The van der Waals surface area contributed by atoms with Crippen molar-refractivity contribution in [1.29, 1.82) is 0 Å². The maximum atomic E-state index is 13.1. The average molecular weight is 483 g/mol. The predicted octanol–water partition coefficient (Wildman–Crippen LogP) is 3.42. The zero-order valence-electron chi connectivity index (χ0n) is 18.1. The number of benzene rings is 1. The van der Waals surface area contributed by atoms with Gasteiger partial charge in [-0.1, -0.05) is 23.9 Å². The molecule has 4 rings (SSSR count). The van der Waals surface area contributed by atoms with Crippen LogP contribution in [0.1, 0.15) is 37.3 Å². The Morgan fingerprint density at radius 3 is 2.55 bits per heavy atom. The molecule has 0 bridgehead atoms. The third kappa shape index (κ3) is 5.60. The van der Waals surface area contributed by atoms with E-state index in [1.54, 1.807) is 0 Å². The van der Waals surface area contributed by atoms with E-state index < -0.39 is 17.6 Å². The number of rotatable bonds is 8. The van der Waals surface area contributed by atoms with E-state index >= 15 is 0 Å². The first-order valence-electron chi connectivity index (χ1n) is 10.8. The number of hydrogen-bond acceptors (Lipinski definition) is 6. The molecule has 1 aliphatic heterocycles. The molecule has 1 saturated heterocycles. The molecule has 0 spiro atoms. The second kappa shape index (κ2) is 9.62. The van der Waals surface area contributed by atoms with Gasteiger partial charge in [0.25, 0.3) is 0 Å². The van der Waals surface area contributed by atoms with Gasteiger partial charge in [0.15, 0.2) is 5.16 Å². The highest BCUT2D eigenvalue weighted by Crippen LogP contribution is 2.41. The van der Waals surface area contributed by atoms with Gasteiger partial charge in [0.2, 0.25) is 17.8 Å². The number of para-hydroxylation sites is 1. The van der Waals surface area contributed by atoms with E-state index in [0.29, 0.717) is 11.2 Å². The predicted molar refractivity (Wildman–Crippen MR) is 118 cm³/mol. The molecule has 2 heterocycles. The molecule has 1 aromatic heterocycles. The Kier molecular flexibility index (Phi) is 6.82. The van der Waals surface area contributed by atoms with Crippen LogP contribution in [0.4, 0.5) is 24.8 Å². The number of nitrogens with one attached hydrogen (secondary N) is 1. The molecule has 2 aliphatic rings. The average Bonchev–Trinajstić information content (AvgIpc) is 3.28. The topological polar surface area (TPSA) is 83.4 Å². The monoisotopic (exact) mass is 482 g/mol. The van der Waals surface area contributed by atoms with Gasteiger partial charge in [-0.15, -0.1) is 10.2 Å². The summed E-state index contributed by atoms with van der Waals surface area (Å²) in [4.78, 5) is 28.2. The third-order valence-electron chi connectivity index (χ3n) is 5.59. The molecule has 2 amide bonds. The molecule has 1 saturated carbocycles. The number of thioether (sulfide) groups is 1. The maximum absolute atomic E-state index is 13.1. The van der Waals surface area contributed by atoms with Crippen LogP contribution in [0.2, 0.25) is 0 Å². The number of likely N-dealkylation sites (N-methyl/N-ethyl adjacent to an activating group) is 1. The van der Waals surface area contributed by atoms with Crippen LogP contribution in [0.5, 0.6) is 0 Å². The van der Waals surface area contributed by atoms with Crippen molar-refractivity contribution in [3.05, 3.63) is 29.8 Å². The number of amides is 2. The Bertz CT molecular complexity index is 1020. The highest BCUT2D eigenvalue weighted by Gasteiger charge is 2.34. The summed E-state index contributed by atoms with van der Waals surface area (Å²) in [5.74, 6) is -0.133. The fourth-order valence-electron chi connectivity index (χ4n) is 3.72. The second-order valence-electron chi connectivity index (χ2n) is 8.21.